The summed E-state index contributed by atoms with van der Waals surface area (Å²) in [5, 5.41) is 0. The Balaban J connectivity index is 2.08. The van der Waals surface area contributed by atoms with Gasteiger partial charge in [-0.1, -0.05) is 81.9 Å². The molecule has 1 radical (unpaired) electrons. The molecule has 0 atom stereocenters. The first-order valence-electron chi connectivity index (χ1n) is 8.63. The molecule has 129 valence electrons. The topological polar surface area (TPSA) is 13.1 Å². The zero-order valence-electron chi connectivity index (χ0n) is 15.6. The van der Waals surface area contributed by atoms with E-state index in [2.05, 4.69) is 89.2 Å². The quantitative estimate of drug-likeness (QED) is 0.487. The van der Waals surface area contributed by atoms with Gasteiger partial charge in [-0.15, -0.1) is 0 Å². The normalized spacial score (nSPS) is 11.9. The summed E-state index contributed by atoms with van der Waals surface area (Å²) in [4.78, 5) is 2.39. The molecular formula is C23H25OS. The lowest BCUT2D eigenvalue weighted by molar-refractivity contribution is 0.405. The van der Waals surface area contributed by atoms with Gasteiger partial charge < -0.3 is 4.42 Å². The Bertz CT molecular complexity index is 840. The molecule has 0 saturated heterocycles. The minimum absolute atomic E-state index is 0.0789. The molecule has 1 nitrogen and oxygen atoms in total. The number of rotatable bonds is 4. The van der Waals surface area contributed by atoms with Gasteiger partial charge in [-0.3, -0.25) is 0 Å². The van der Waals surface area contributed by atoms with Crippen molar-refractivity contribution in [3.8, 4) is 11.3 Å². The van der Waals surface area contributed by atoms with Crippen LogP contribution in [0, 0.1) is 18.3 Å². The van der Waals surface area contributed by atoms with Crippen LogP contribution < -0.4 is 0 Å². The molecule has 0 aliphatic rings. The first kappa shape index (κ1) is 17.9. The van der Waals surface area contributed by atoms with E-state index in [1.807, 2.05) is 6.07 Å². The lowest BCUT2D eigenvalue weighted by Crippen LogP contribution is -2.15. The van der Waals surface area contributed by atoms with Crippen LogP contribution >= 0.6 is 11.8 Å². The number of hydrogen-bond donors (Lipinski definition) is 0. The van der Waals surface area contributed by atoms with Gasteiger partial charge in [-0.05, 0) is 36.1 Å². The molecule has 2 aromatic carbocycles. The van der Waals surface area contributed by atoms with Gasteiger partial charge in [0.1, 0.15) is 11.5 Å². The Morgan fingerprint density at radius 2 is 1.56 bits per heavy atom. The van der Waals surface area contributed by atoms with E-state index < -0.39 is 0 Å². The number of furan rings is 1. The van der Waals surface area contributed by atoms with Crippen LogP contribution in [0.5, 0.6) is 0 Å². The maximum absolute atomic E-state index is 6.38. The van der Waals surface area contributed by atoms with Gasteiger partial charge in [0, 0.05) is 16.4 Å². The summed E-state index contributed by atoms with van der Waals surface area (Å²) < 4.78 is 6.38. The summed E-state index contributed by atoms with van der Waals surface area (Å²) in [6.45, 7) is 11.0. The van der Waals surface area contributed by atoms with Gasteiger partial charge in [0.15, 0.2) is 0 Å². The van der Waals surface area contributed by atoms with E-state index in [9.17, 15) is 0 Å². The van der Waals surface area contributed by atoms with E-state index in [0.717, 1.165) is 17.1 Å². The molecule has 0 N–H and O–H groups in total. The first-order chi connectivity index (χ1) is 11.9. The summed E-state index contributed by atoms with van der Waals surface area (Å²) in [5.74, 6) is 3.21. The van der Waals surface area contributed by atoms with Crippen molar-refractivity contribution < 1.29 is 4.42 Å². The highest BCUT2D eigenvalue weighted by atomic mass is 32.2. The zero-order valence-corrected chi connectivity index (χ0v) is 16.4. The van der Waals surface area contributed by atoms with E-state index >= 15 is 0 Å². The molecule has 0 aliphatic heterocycles. The van der Waals surface area contributed by atoms with Crippen molar-refractivity contribution in [3.63, 3.8) is 0 Å². The SMILES string of the molecule is C[C](c1cc(Sc2ccccc2)c(-c2ccccc2C)o1)C(C)(C)C. The Morgan fingerprint density at radius 3 is 2.20 bits per heavy atom. The fraction of sp³-hybridized carbons (Fsp3) is 0.261. The predicted molar refractivity (Wildman–Crippen MR) is 107 cm³/mol. The summed E-state index contributed by atoms with van der Waals surface area (Å²) >= 11 is 1.76. The predicted octanol–water partition coefficient (Wildman–Crippen LogP) is 7.39. The van der Waals surface area contributed by atoms with Crippen molar-refractivity contribution in [1.29, 1.82) is 0 Å². The molecule has 0 bridgehead atoms. The average molecular weight is 350 g/mol. The van der Waals surface area contributed by atoms with E-state index in [1.54, 1.807) is 11.8 Å². The lowest BCUT2D eigenvalue weighted by Gasteiger charge is -2.24. The third-order valence-electron chi connectivity index (χ3n) is 4.55. The number of benzene rings is 2. The standard InChI is InChI=1S/C23H25OS/c1-16-11-9-10-14-19(16)22-21(25-18-12-7-6-8-13-18)15-20(24-22)17(2)23(3,4)5/h6-15H,1-5H3. The van der Waals surface area contributed by atoms with Crippen LogP contribution in [0.4, 0.5) is 0 Å². The first-order valence-corrected chi connectivity index (χ1v) is 9.45. The Hall–Kier alpha value is -1.93. The van der Waals surface area contributed by atoms with Gasteiger partial charge in [0.2, 0.25) is 0 Å². The fourth-order valence-electron chi connectivity index (χ4n) is 2.64. The van der Waals surface area contributed by atoms with Crippen molar-refractivity contribution >= 4 is 11.8 Å². The zero-order chi connectivity index (χ0) is 18.0. The van der Waals surface area contributed by atoms with Gasteiger partial charge in [-0.25, -0.2) is 0 Å². The minimum Gasteiger partial charge on any atom is -0.459 e. The van der Waals surface area contributed by atoms with Crippen molar-refractivity contribution in [2.24, 2.45) is 5.41 Å². The van der Waals surface area contributed by atoms with Crippen LogP contribution in [-0.4, -0.2) is 0 Å². The highest BCUT2D eigenvalue weighted by molar-refractivity contribution is 7.99. The second-order valence-electron chi connectivity index (χ2n) is 7.41. The Kier molecular flexibility index (Phi) is 5.10. The Labute approximate surface area is 155 Å². The fourth-order valence-corrected chi connectivity index (χ4v) is 3.59. The maximum atomic E-state index is 6.38. The molecule has 0 spiro atoms. The molecule has 0 saturated carbocycles. The summed E-state index contributed by atoms with van der Waals surface area (Å²) in [7, 11) is 0. The average Bonchev–Trinajstić information content (AvgIpc) is 2.98. The van der Waals surface area contributed by atoms with Crippen molar-refractivity contribution in [2.75, 3.05) is 0 Å². The summed E-state index contributed by atoms with van der Waals surface area (Å²) in [6.07, 6.45) is 0. The van der Waals surface area contributed by atoms with Crippen LogP contribution in [0.3, 0.4) is 0 Å². The van der Waals surface area contributed by atoms with Crippen LogP contribution in [0.2, 0.25) is 0 Å². The molecule has 2 heteroatoms. The smallest absolute Gasteiger partial charge is 0.148 e. The van der Waals surface area contributed by atoms with E-state index in [-0.39, 0.29) is 5.41 Å². The third-order valence-corrected chi connectivity index (χ3v) is 5.58. The molecule has 25 heavy (non-hydrogen) atoms. The van der Waals surface area contributed by atoms with Crippen molar-refractivity contribution in [2.45, 2.75) is 44.4 Å². The van der Waals surface area contributed by atoms with Crippen LogP contribution in [0.1, 0.15) is 39.0 Å². The number of hydrogen-bond acceptors (Lipinski definition) is 2. The molecule has 1 heterocycles. The molecule has 1 aromatic heterocycles. The highest BCUT2D eigenvalue weighted by Gasteiger charge is 2.27. The van der Waals surface area contributed by atoms with Gasteiger partial charge in [0.25, 0.3) is 0 Å². The molecule has 0 aliphatic carbocycles. The van der Waals surface area contributed by atoms with Crippen molar-refractivity contribution in [1.82, 2.24) is 0 Å². The lowest BCUT2D eigenvalue weighted by atomic mass is 9.81. The Morgan fingerprint density at radius 1 is 0.920 bits per heavy atom. The second kappa shape index (κ2) is 7.13. The monoisotopic (exact) mass is 349 g/mol. The molecule has 3 aromatic rings. The molecule has 0 amide bonds. The third kappa shape index (κ3) is 4.01. The van der Waals surface area contributed by atoms with E-state index in [0.29, 0.717) is 0 Å². The van der Waals surface area contributed by atoms with Crippen LogP contribution in [0.15, 0.2) is 74.9 Å². The minimum atomic E-state index is 0.0789. The second-order valence-corrected chi connectivity index (χ2v) is 8.52. The highest BCUT2D eigenvalue weighted by Crippen LogP contribution is 2.43. The van der Waals surface area contributed by atoms with Crippen molar-refractivity contribution in [3.05, 3.63) is 77.9 Å². The van der Waals surface area contributed by atoms with E-state index in [1.165, 1.54) is 21.3 Å². The largest absolute Gasteiger partial charge is 0.459 e. The molecule has 3 rings (SSSR count). The van der Waals surface area contributed by atoms with Gasteiger partial charge >= 0.3 is 0 Å². The van der Waals surface area contributed by atoms with Gasteiger partial charge in [0.05, 0.1) is 4.90 Å². The summed E-state index contributed by atoms with van der Waals surface area (Å²) in [5.41, 5.74) is 2.47. The van der Waals surface area contributed by atoms with Crippen LogP contribution in [0.25, 0.3) is 11.3 Å². The molecule has 0 fully saturated rings. The maximum Gasteiger partial charge on any atom is 0.148 e. The number of aryl methyl sites for hydroxylation is 1. The van der Waals surface area contributed by atoms with Crippen LogP contribution in [-0.2, 0) is 0 Å². The summed E-state index contributed by atoms with van der Waals surface area (Å²) in [6, 6.07) is 21.1. The molecular weight excluding hydrogens is 324 g/mol. The van der Waals surface area contributed by atoms with Gasteiger partial charge in [-0.2, -0.15) is 0 Å². The molecule has 0 unspecified atom stereocenters. The van der Waals surface area contributed by atoms with E-state index in [4.69, 9.17) is 4.42 Å².